The van der Waals surface area contributed by atoms with E-state index in [9.17, 15) is 34.6 Å². The number of nitro groups is 2. The monoisotopic (exact) mass is 630 g/mol. The fraction of sp³-hybridized carbons (Fsp3) is 0.393. The van der Waals surface area contributed by atoms with Crippen molar-refractivity contribution < 1.29 is 33.7 Å². The second-order valence-electron chi connectivity index (χ2n) is 9.71. The third-order valence-corrected chi connectivity index (χ3v) is 9.25. The van der Waals surface area contributed by atoms with Gasteiger partial charge in [-0.05, 0) is 41.1 Å². The number of amides is 2. The first-order chi connectivity index (χ1) is 20.6. The zero-order chi connectivity index (χ0) is 31.1. The van der Waals surface area contributed by atoms with E-state index in [1.54, 1.807) is 11.8 Å². The van der Waals surface area contributed by atoms with Crippen LogP contribution in [0.5, 0.6) is 0 Å². The van der Waals surface area contributed by atoms with Crippen molar-refractivity contribution in [3.8, 4) is 0 Å². The Labute approximate surface area is 255 Å². The molecule has 1 N–H and O–H groups in total. The molecule has 3 atom stereocenters. The normalized spacial score (nSPS) is 18.0. The molecule has 2 heterocycles. The summed E-state index contributed by atoms with van der Waals surface area (Å²) in [5.74, 6) is 0.279. The van der Waals surface area contributed by atoms with Gasteiger partial charge < -0.3 is 19.7 Å². The lowest BCUT2D eigenvalue weighted by atomic mass is 9.85. The Hall–Kier alpha value is -4.11. The van der Waals surface area contributed by atoms with E-state index in [4.69, 9.17) is 9.47 Å². The Balaban J connectivity index is 1.34. The molecule has 0 aliphatic carbocycles. The summed E-state index contributed by atoms with van der Waals surface area (Å²) in [6.07, 6.45) is -0.158. The Kier molecular flexibility index (Phi) is 10.6. The van der Waals surface area contributed by atoms with Gasteiger partial charge in [0.15, 0.2) is 0 Å². The average Bonchev–Trinajstić information content (AvgIpc) is 3.31. The lowest BCUT2D eigenvalue weighted by Gasteiger charge is -2.46. The molecule has 4 rings (SSSR count). The van der Waals surface area contributed by atoms with E-state index in [1.807, 2.05) is 13.8 Å². The maximum atomic E-state index is 13.2. The number of rotatable bonds is 14. The van der Waals surface area contributed by atoms with Crippen LogP contribution in [0, 0.1) is 26.1 Å². The number of hydrogen-bond donors (Lipinski definition) is 1. The van der Waals surface area contributed by atoms with Crippen LogP contribution in [0.25, 0.3) is 0 Å². The standard InChI is InChI=1S/C28H30N4O9S2/c1-3-42-17(2)24-22-14-23(43-13-12-29-28(35)41-16-19-6-10-21(11-7-19)32(38)39)25(30(22)26(24)33)27(34)40-15-18-4-8-20(9-5-18)31(36)37/h4-11,17,22,24H,3,12-16H2,1-2H3,(H,29,35)/t17-,22-,24-/m1/s1. The summed E-state index contributed by atoms with van der Waals surface area (Å²) in [4.78, 5) is 61.4. The van der Waals surface area contributed by atoms with Crippen molar-refractivity contribution in [1.29, 1.82) is 0 Å². The molecule has 0 aromatic heterocycles. The Morgan fingerprint density at radius 3 is 2.09 bits per heavy atom. The van der Waals surface area contributed by atoms with Crippen LogP contribution in [0.1, 0.15) is 31.4 Å². The quantitative estimate of drug-likeness (QED) is 0.100. The van der Waals surface area contributed by atoms with Crippen molar-refractivity contribution >= 4 is 52.9 Å². The molecule has 13 nitrogen and oxygen atoms in total. The number of nitro benzene ring substituents is 2. The lowest BCUT2D eigenvalue weighted by molar-refractivity contribution is -0.385. The molecule has 0 spiro atoms. The van der Waals surface area contributed by atoms with Gasteiger partial charge in [-0.25, -0.2) is 9.59 Å². The van der Waals surface area contributed by atoms with E-state index in [0.717, 1.165) is 5.75 Å². The van der Waals surface area contributed by atoms with Crippen LogP contribution in [-0.2, 0) is 32.3 Å². The predicted molar refractivity (Wildman–Crippen MR) is 160 cm³/mol. The predicted octanol–water partition coefficient (Wildman–Crippen LogP) is 4.79. The van der Waals surface area contributed by atoms with Gasteiger partial charge in [-0.1, -0.05) is 13.8 Å². The van der Waals surface area contributed by atoms with E-state index in [2.05, 4.69) is 5.32 Å². The molecule has 2 aliphatic heterocycles. The number of carbonyl (C=O) groups is 3. The van der Waals surface area contributed by atoms with Gasteiger partial charge in [0.25, 0.3) is 11.4 Å². The van der Waals surface area contributed by atoms with Gasteiger partial charge in [0.1, 0.15) is 18.9 Å². The van der Waals surface area contributed by atoms with Crippen molar-refractivity contribution in [2.45, 2.75) is 44.8 Å². The van der Waals surface area contributed by atoms with Crippen LogP contribution >= 0.6 is 23.5 Å². The number of β-lactam (4-membered cyclic amide) rings is 1. The number of fused-ring (bicyclic) bond motifs is 1. The smallest absolute Gasteiger partial charge is 0.407 e. The fourth-order valence-electron chi connectivity index (χ4n) is 4.87. The molecule has 2 aromatic carbocycles. The summed E-state index contributed by atoms with van der Waals surface area (Å²) < 4.78 is 10.7. The SMILES string of the molecule is CCS[C@H](C)[C@H]1C(=O)N2C(C(=O)OCc3ccc([N+](=O)[O-])cc3)=C(SCCNC(=O)OCc3ccc([N+](=O)[O-])cc3)C[C@H]12. The summed E-state index contributed by atoms with van der Waals surface area (Å²) in [6, 6.07) is 11.2. The number of esters is 1. The summed E-state index contributed by atoms with van der Waals surface area (Å²) >= 11 is 3.04. The van der Waals surface area contributed by atoms with Crippen LogP contribution in [0.3, 0.4) is 0 Å². The summed E-state index contributed by atoms with van der Waals surface area (Å²) in [5.41, 5.74) is 1.24. The molecule has 15 heteroatoms. The van der Waals surface area contributed by atoms with Crippen molar-refractivity contribution in [3.63, 3.8) is 0 Å². The van der Waals surface area contributed by atoms with Gasteiger partial charge in [0, 0.05) is 53.1 Å². The largest absolute Gasteiger partial charge is 0.456 e. The van der Waals surface area contributed by atoms with Crippen LogP contribution in [0.15, 0.2) is 59.1 Å². The van der Waals surface area contributed by atoms with E-state index < -0.39 is 21.9 Å². The van der Waals surface area contributed by atoms with Crippen LogP contribution < -0.4 is 5.32 Å². The second-order valence-corrected chi connectivity index (χ2v) is 12.6. The van der Waals surface area contributed by atoms with Crippen molar-refractivity contribution in [1.82, 2.24) is 10.2 Å². The van der Waals surface area contributed by atoms with E-state index in [1.165, 1.54) is 65.2 Å². The number of carbonyl (C=O) groups excluding carboxylic acids is 3. The van der Waals surface area contributed by atoms with Crippen LogP contribution in [0.2, 0.25) is 0 Å². The van der Waals surface area contributed by atoms with E-state index >= 15 is 0 Å². The minimum atomic E-state index is -0.661. The molecule has 228 valence electrons. The van der Waals surface area contributed by atoms with Crippen molar-refractivity contribution in [2.24, 2.45) is 5.92 Å². The first-order valence-electron chi connectivity index (χ1n) is 13.5. The highest BCUT2D eigenvalue weighted by atomic mass is 32.2. The number of non-ortho nitro benzene ring substituents is 2. The highest BCUT2D eigenvalue weighted by molar-refractivity contribution is 8.03. The molecular weight excluding hydrogens is 600 g/mol. The lowest BCUT2D eigenvalue weighted by Crippen LogP contribution is -2.61. The number of benzene rings is 2. The fourth-order valence-corrected chi connectivity index (χ4v) is 6.96. The number of nitrogens with zero attached hydrogens (tertiary/aromatic N) is 3. The molecule has 2 aromatic rings. The van der Waals surface area contributed by atoms with Crippen LogP contribution in [-0.4, -0.2) is 62.1 Å². The Morgan fingerprint density at radius 2 is 1.56 bits per heavy atom. The van der Waals surface area contributed by atoms with E-state index in [-0.39, 0.29) is 59.9 Å². The summed E-state index contributed by atoms with van der Waals surface area (Å²) in [7, 11) is 0. The highest BCUT2D eigenvalue weighted by Gasteiger charge is 2.57. The number of thioether (sulfide) groups is 2. The van der Waals surface area contributed by atoms with Gasteiger partial charge >= 0.3 is 12.1 Å². The molecule has 2 amide bonds. The minimum Gasteiger partial charge on any atom is -0.456 e. The molecular formula is C28H30N4O9S2. The molecule has 0 saturated carbocycles. The minimum absolute atomic E-state index is 0.0546. The number of nitrogens with one attached hydrogen (secondary N) is 1. The zero-order valence-electron chi connectivity index (χ0n) is 23.4. The maximum Gasteiger partial charge on any atom is 0.407 e. The molecule has 2 aliphatic rings. The first kappa shape index (κ1) is 31.8. The zero-order valence-corrected chi connectivity index (χ0v) is 25.1. The van der Waals surface area contributed by atoms with Gasteiger partial charge in [-0.2, -0.15) is 11.8 Å². The Bertz CT molecular complexity index is 1420. The number of alkyl carbamates (subject to hydrolysis) is 1. The average molecular weight is 631 g/mol. The highest BCUT2D eigenvalue weighted by Crippen LogP contribution is 2.49. The molecule has 43 heavy (non-hydrogen) atoms. The van der Waals surface area contributed by atoms with Gasteiger partial charge in [-0.3, -0.25) is 25.0 Å². The molecule has 1 saturated heterocycles. The number of ether oxygens (including phenoxy) is 2. The maximum absolute atomic E-state index is 13.2. The Morgan fingerprint density at radius 1 is 1.00 bits per heavy atom. The number of hydrogen-bond acceptors (Lipinski definition) is 11. The van der Waals surface area contributed by atoms with Crippen molar-refractivity contribution in [3.05, 3.63) is 90.5 Å². The van der Waals surface area contributed by atoms with Gasteiger partial charge in [0.05, 0.1) is 21.8 Å². The van der Waals surface area contributed by atoms with Gasteiger partial charge in [-0.15, -0.1) is 11.8 Å². The van der Waals surface area contributed by atoms with Crippen LogP contribution in [0.4, 0.5) is 16.2 Å². The topological polar surface area (TPSA) is 171 Å². The first-order valence-corrected chi connectivity index (χ1v) is 15.5. The third-order valence-electron chi connectivity index (χ3n) is 6.98. The van der Waals surface area contributed by atoms with E-state index in [0.29, 0.717) is 28.2 Å². The summed E-state index contributed by atoms with van der Waals surface area (Å²) in [6.45, 7) is 4.10. The van der Waals surface area contributed by atoms with Gasteiger partial charge in [0.2, 0.25) is 5.91 Å². The molecule has 0 unspecified atom stereocenters. The molecule has 1 fully saturated rings. The second kappa shape index (κ2) is 14.4. The molecule has 0 radical (unpaired) electrons. The molecule has 0 bridgehead atoms. The van der Waals surface area contributed by atoms with Crippen molar-refractivity contribution in [2.75, 3.05) is 18.1 Å². The summed E-state index contributed by atoms with van der Waals surface area (Å²) in [5, 5.41) is 24.4. The third kappa shape index (κ3) is 7.65.